The van der Waals surface area contributed by atoms with E-state index in [9.17, 15) is 13.2 Å². The molecule has 1 aromatic carbocycles. The van der Waals surface area contributed by atoms with Crippen LogP contribution in [0.4, 0.5) is 0 Å². The number of thiocarbonyl (C=S) groups is 1. The van der Waals surface area contributed by atoms with Crippen molar-refractivity contribution in [1.82, 2.24) is 4.90 Å². The molecule has 1 aromatic rings. The molecule has 0 atom stereocenters. The van der Waals surface area contributed by atoms with E-state index in [-0.39, 0.29) is 16.8 Å². The lowest BCUT2D eigenvalue weighted by atomic mass is 10.1. The molecule has 122 valence electrons. The normalized spacial score (nSPS) is 18.1. The van der Waals surface area contributed by atoms with Gasteiger partial charge in [0.1, 0.15) is 4.32 Å². The Labute approximate surface area is 144 Å². The molecule has 5 nitrogen and oxygen atoms in total. The molecular weight excluding hydrogens is 354 g/mol. The number of hydrogen-bond acceptors (Lipinski definition) is 5. The molecule has 0 aromatic heterocycles. The molecule has 1 saturated heterocycles. The lowest BCUT2D eigenvalue weighted by Gasteiger charge is -2.12. The van der Waals surface area contributed by atoms with E-state index in [0.717, 1.165) is 22.9 Å². The molecule has 1 aliphatic rings. The number of benzene rings is 1. The summed E-state index contributed by atoms with van der Waals surface area (Å²) in [7, 11) is -4.13. The van der Waals surface area contributed by atoms with Crippen molar-refractivity contribution in [2.75, 3.05) is 12.3 Å². The Morgan fingerprint density at radius 1 is 1.35 bits per heavy atom. The van der Waals surface area contributed by atoms with E-state index in [4.69, 9.17) is 16.8 Å². The molecular formula is C15H15NO4S3. The number of nitrogens with zero attached hydrogens (tertiary/aromatic N) is 1. The van der Waals surface area contributed by atoms with E-state index >= 15 is 0 Å². The van der Waals surface area contributed by atoms with Crippen molar-refractivity contribution >= 4 is 50.4 Å². The van der Waals surface area contributed by atoms with Crippen molar-refractivity contribution in [1.29, 1.82) is 0 Å². The van der Waals surface area contributed by atoms with E-state index in [1.807, 2.05) is 43.3 Å². The van der Waals surface area contributed by atoms with Gasteiger partial charge in [-0.2, -0.15) is 8.42 Å². The summed E-state index contributed by atoms with van der Waals surface area (Å²) in [5, 5.41) is 0. The van der Waals surface area contributed by atoms with Crippen molar-refractivity contribution in [2.24, 2.45) is 0 Å². The molecule has 0 spiro atoms. The Morgan fingerprint density at radius 2 is 2.00 bits per heavy atom. The Kier molecular flexibility index (Phi) is 5.74. The van der Waals surface area contributed by atoms with Crippen LogP contribution in [0.1, 0.15) is 12.5 Å². The standard InChI is InChI=1S/C15H15NO4S3/c1-11(9-12-5-3-2-4-6-12)10-13-14(17)16(15(21)22-13)7-8-23(18,19)20/h2-6,9-10H,7-8H2,1H3,(H,18,19,20)/b11-9+,13-10+. The third-order valence-electron chi connectivity index (χ3n) is 3.00. The van der Waals surface area contributed by atoms with Crippen molar-refractivity contribution in [3.8, 4) is 0 Å². The Hall–Kier alpha value is -1.48. The average molecular weight is 369 g/mol. The van der Waals surface area contributed by atoms with Gasteiger partial charge in [0.15, 0.2) is 0 Å². The van der Waals surface area contributed by atoms with Crippen LogP contribution in [0.5, 0.6) is 0 Å². The van der Waals surface area contributed by atoms with E-state index in [1.165, 1.54) is 4.90 Å². The summed E-state index contributed by atoms with van der Waals surface area (Å²) in [5.74, 6) is -0.879. The first-order valence-electron chi connectivity index (χ1n) is 6.70. The van der Waals surface area contributed by atoms with E-state index in [1.54, 1.807) is 6.08 Å². The van der Waals surface area contributed by atoms with Crippen LogP contribution in [0, 0.1) is 0 Å². The fraction of sp³-hybridized carbons (Fsp3) is 0.200. The summed E-state index contributed by atoms with van der Waals surface area (Å²) in [4.78, 5) is 13.9. The van der Waals surface area contributed by atoms with Crippen LogP contribution < -0.4 is 0 Å². The van der Waals surface area contributed by atoms with E-state index in [0.29, 0.717) is 4.91 Å². The number of allylic oxidation sites excluding steroid dienone is 2. The predicted molar refractivity (Wildman–Crippen MR) is 96.5 cm³/mol. The molecule has 1 N–H and O–H groups in total. The van der Waals surface area contributed by atoms with Crippen LogP contribution in [-0.2, 0) is 14.9 Å². The van der Waals surface area contributed by atoms with Gasteiger partial charge in [-0.05, 0) is 24.1 Å². The number of carbonyl (C=O) groups excluding carboxylic acids is 1. The molecule has 0 saturated carbocycles. The molecule has 0 bridgehead atoms. The lowest BCUT2D eigenvalue weighted by molar-refractivity contribution is -0.122. The zero-order valence-electron chi connectivity index (χ0n) is 12.3. The molecule has 0 aliphatic carbocycles. The van der Waals surface area contributed by atoms with Gasteiger partial charge in [0, 0.05) is 6.54 Å². The number of carbonyl (C=O) groups is 1. The zero-order valence-corrected chi connectivity index (χ0v) is 14.7. The minimum Gasteiger partial charge on any atom is -0.292 e. The second-order valence-electron chi connectivity index (χ2n) is 4.92. The SMILES string of the molecule is CC(=C\c1ccccc1)/C=C1/SC(=S)N(CCS(=O)(=O)O)C1=O. The highest BCUT2D eigenvalue weighted by Crippen LogP contribution is 2.31. The quantitative estimate of drug-likeness (QED) is 0.489. The maximum atomic E-state index is 12.3. The molecule has 1 fully saturated rings. The molecule has 23 heavy (non-hydrogen) atoms. The summed E-state index contributed by atoms with van der Waals surface area (Å²) < 4.78 is 30.7. The van der Waals surface area contributed by atoms with Gasteiger partial charge in [-0.25, -0.2) is 0 Å². The maximum absolute atomic E-state index is 12.3. The number of thioether (sulfide) groups is 1. The fourth-order valence-corrected chi connectivity index (χ4v) is 3.73. The van der Waals surface area contributed by atoms with Gasteiger partial charge in [-0.3, -0.25) is 14.2 Å². The highest BCUT2D eigenvalue weighted by molar-refractivity contribution is 8.26. The highest BCUT2D eigenvalue weighted by Gasteiger charge is 2.32. The third-order valence-corrected chi connectivity index (χ3v) is 5.08. The summed E-state index contributed by atoms with van der Waals surface area (Å²) in [5.41, 5.74) is 1.90. The first kappa shape index (κ1) is 17.9. The van der Waals surface area contributed by atoms with Gasteiger partial charge in [-0.1, -0.05) is 60.4 Å². The molecule has 0 radical (unpaired) electrons. The Balaban J connectivity index is 2.13. The van der Waals surface area contributed by atoms with Crippen molar-refractivity contribution < 1.29 is 17.8 Å². The maximum Gasteiger partial charge on any atom is 0.266 e. The van der Waals surface area contributed by atoms with Crippen LogP contribution >= 0.6 is 24.0 Å². The summed E-state index contributed by atoms with van der Waals surface area (Å²) in [6.45, 7) is 1.72. The smallest absolute Gasteiger partial charge is 0.266 e. The number of amides is 1. The zero-order chi connectivity index (χ0) is 17.0. The Morgan fingerprint density at radius 3 is 2.61 bits per heavy atom. The molecule has 0 unspecified atom stereocenters. The second kappa shape index (κ2) is 7.39. The predicted octanol–water partition coefficient (Wildman–Crippen LogP) is 2.72. The van der Waals surface area contributed by atoms with E-state index in [2.05, 4.69) is 0 Å². The number of rotatable bonds is 5. The highest BCUT2D eigenvalue weighted by atomic mass is 32.2. The fourth-order valence-electron chi connectivity index (χ4n) is 1.96. The molecule has 8 heteroatoms. The lowest BCUT2D eigenvalue weighted by Crippen LogP contribution is -2.32. The summed E-state index contributed by atoms with van der Waals surface area (Å²) in [6, 6.07) is 9.68. The number of hydrogen-bond donors (Lipinski definition) is 1. The molecule has 1 amide bonds. The van der Waals surface area contributed by atoms with Crippen LogP contribution in [-0.4, -0.2) is 40.4 Å². The monoisotopic (exact) mass is 369 g/mol. The van der Waals surface area contributed by atoms with Crippen LogP contribution in [0.2, 0.25) is 0 Å². The topological polar surface area (TPSA) is 74.7 Å². The molecule has 2 rings (SSSR count). The average Bonchev–Trinajstić information content (AvgIpc) is 2.71. The van der Waals surface area contributed by atoms with Gasteiger partial charge >= 0.3 is 0 Å². The Bertz CT molecular complexity index is 782. The molecule has 1 heterocycles. The van der Waals surface area contributed by atoms with Crippen LogP contribution in [0.25, 0.3) is 6.08 Å². The first-order valence-corrected chi connectivity index (χ1v) is 9.53. The van der Waals surface area contributed by atoms with Gasteiger partial charge in [-0.15, -0.1) is 0 Å². The van der Waals surface area contributed by atoms with Gasteiger partial charge < -0.3 is 0 Å². The second-order valence-corrected chi connectivity index (χ2v) is 8.17. The minimum atomic E-state index is -4.13. The minimum absolute atomic E-state index is 0.151. The van der Waals surface area contributed by atoms with Crippen molar-refractivity contribution in [2.45, 2.75) is 6.92 Å². The van der Waals surface area contributed by atoms with Gasteiger partial charge in [0.2, 0.25) is 0 Å². The molecule has 1 aliphatic heterocycles. The summed E-state index contributed by atoms with van der Waals surface area (Å²) >= 11 is 6.22. The van der Waals surface area contributed by atoms with Crippen LogP contribution in [0.3, 0.4) is 0 Å². The van der Waals surface area contributed by atoms with Crippen molar-refractivity contribution in [3.05, 3.63) is 52.4 Å². The largest absolute Gasteiger partial charge is 0.292 e. The summed E-state index contributed by atoms with van der Waals surface area (Å²) in [6.07, 6.45) is 3.66. The van der Waals surface area contributed by atoms with E-state index < -0.39 is 15.9 Å². The van der Waals surface area contributed by atoms with Gasteiger partial charge in [0.05, 0.1) is 10.7 Å². The van der Waals surface area contributed by atoms with Crippen LogP contribution in [0.15, 0.2) is 46.9 Å². The van der Waals surface area contributed by atoms with Crippen molar-refractivity contribution in [3.63, 3.8) is 0 Å². The van der Waals surface area contributed by atoms with Gasteiger partial charge in [0.25, 0.3) is 16.0 Å². The first-order chi connectivity index (χ1) is 10.8. The third kappa shape index (κ3) is 5.28.